The third-order valence-electron chi connectivity index (χ3n) is 4.93. The average molecular weight is 497 g/mol. The van der Waals surface area contributed by atoms with E-state index in [1.54, 1.807) is 60.5 Å². The monoisotopic (exact) mass is 496 g/mol. The second-order valence-electron chi connectivity index (χ2n) is 7.40. The predicted octanol–water partition coefficient (Wildman–Crippen LogP) is 3.64. The van der Waals surface area contributed by atoms with Gasteiger partial charge < -0.3 is 19.9 Å². The number of carbonyl (C=O) groups excluding carboxylic acids is 1. The van der Waals surface area contributed by atoms with Gasteiger partial charge in [-0.15, -0.1) is 5.10 Å². The highest BCUT2D eigenvalue weighted by Gasteiger charge is 2.15. The molecule has 0 spiro atoms. The first-order chi connectivity index (χ1) is 16.9. The fraction of sp³-hybridized carbons (Fsp3) is 0.174. The van der Waals surface area contributed by atoms with Crippen molar-refractivity contribution in [2.24, 2.45) is 0 Å². The minimum Gasteiger partial charge on any atom is -0.497 e. The Kier molecular flexibility index (Phi) is 7.27. The minimum absolute atomic E-state index is 0.0510. The van der Waals surface area contributed by atoms with Gasteiger partial charge in [0.2, 0.25) is 5.91 Å². The Morgan fingerprint density at radius 3 is 2.69 bits per heavy atom. The number of rotatable bonds is 10. The number of hydrogen-bond donors (Lipinski definition) is 3. The summed E-state index contributed by atoms with van der Waals surface area (Å²) in [5, 5.41) is 27.0. The quantitative estimate of drug-likeness (QED) is 0.302. The van der Waals surface area contributed by atoms with E-state index in [4.69, 9.17) is 26.2 Å². The van der Waals surface area contributed by atoms with Crippen LogP contribution in [0.25, 0.3) is 11.3 Å². The van der Waals surface area contributed by atoms with Crippen LogP contribution < -0.4 is 14.8 Å². The van der Waals surface area contributed by atoms with Gasteiger partial charge in [0.25, 0.3) is 0 Å². The summed E-state index contributed by atoms with van der Waals surface area (Å²) in [6.07, 6.45) is 1.90. The largest absolute Gasteiger partial charge is 0.497 e. The number of hydrogen-bond acceptors (Lipinski definition) is 7. The molecule has 11 nitrogen and oxygen atoms in total. The number of ether oxygens (including phenoxy) is 2. The van der Waals surface area contributed by atoms with E-state index in [1.165, 1.54) is 6.07 Å². The van der Waals surface area contributed by atoms with Crippen LogP contribution in [0.15, 0.2) is 54.7 Å². The van der Waals surface area contributed by atoms with Crippen LogP contribution in [0.2, 0.25) is 5.02 Å². The fourth-order valence-electron chi connectivity index (χ4n) is 3.18. The van der Waals surface area contributed by atoms with E-state index >= 15 is 0 Å². The second-order valence-corrected chi connectivity index (χ2v) is 7.84. The van der Waals surface area contributed by atoms with E-state index in [1.807, 2.05) is 0 Å². The molecule has 0 aliphatic rings. The lowest BCUT2D eigenvalue weighted by molar-refractivity contribution is -0.116. The van der Waals surface area contributed by atoms with Gasteiger partial charge in [0.15, 0.2) is 0 Å². The van der Waals surface area contributed by atoms with Gasteiger partial charge in [0.05, 0.1) is 25.5 Å². The van der Waals surface area contributed by atoms with Crippen molar-refractivity contribution in [1.82, 2.24) is 25.2 Å². The molecule has 0 aliphatic heterocycles. The molecule has 35 heavy (non-hydrogen) atoms. The van der Waals surface area contributed by atoms with E-state index in [0.29, 0.717) is 45.7 Å². The van der Waals surface area contributed by atoms with Gasteiger partial charge in [-0.2, -0.15) is 5.10 Å². The fourth-order valence-corrected chi connectivity index (χ4v) is 3.35. The molecule has 0 atom stereocenters. The summed E-state index contributed by atoms with van der Waals surface area (Å²) in [5.41, 5.74) is 2.09. The number of carbonyl (C=O) groups is 2. The number of carboxylic acid groups (broad SMARTS) is 1. The number of aryl methyl sites for hydroxylation is 1. The number of amides is 1. The number of carboxylic acids is 1. The van der Waals surface area contributed by atoms with Crippen molar-refractivity contribution >= 4 is 29.2 Å². The van der Waals surface area contributed by atoms with E-state index in [2.05, 4.69) is 25.8 Å². The van der Waals surface area contributed by atoms with Crippen molar-refractivity contribution in [3.05, 3.63) is 71.1 Å². The highest BCUT2D eigenvalue weighted by atomic mass is 35.5. The molecular formula is C23H21ClN6O5. The lowest BCUT2D eigenvalue weighted by Gasteiger charge is -2.09. The SMILES string of the molecule is COc1ccc(NC(=O)CCn2cc(COc3ccc(Cl)cc3-c3cc(C(=O)O)[nH]n3)nn2)cc1. The highest BCUT2D eigenvalue weighted by molar-refractivity contribution is 6.31. The number of methoxy groups -OCH3 is 1. The van der Waals surface area contributed by atoms with Crippen molar-refractivity contribution < 1.29 is 24.2 Å². The first kappa shape index (κ1) is 23.8. The highest BCUT2D eigenvalue weighted by Crippen LogP contribution is 2.32. The molecular weight excluding hydrogens is 476 g/mol. The molecule has 2 aromatic carbocycles. The number of aromatic nitrogens is 5. The zero-order chi connectivity index (χ0) is 24.8. The minimum atomic E-state index is -1.12. The molecule has 0 bridgehead atoms. The van der Waals surface area contributed by atoms with Gasteiger partial charge in [0, 0.05) is 22.7 Å². The van der Waals surface area contributed by atoms with Gasteiger partial charge in [-0.05, 0) is 48.5 Å². The Bertz CT molecular complexity index is 1330. The Morgan fingerprint density at radius 1 is 1.17 bits per heavy atom. The van der Waals surface area contributed by atoms with Gasteiger partial charge in [-0.1, -0.05) is 16.8 Å². The zero-order valence-corrected chi connectivity index (χ0v) is 19.3. The van der Waals surface area contributed by atoms with Crippen LogP contribution in [0, 0.1) is 0 Å². The molecule has 3 N–H and O–H groups in total. The number of benzene rings is 2. The first-order valence-corrected chi connectivity index (χ1v) is 10.8. The maximum atomic E-state index is 12.2. The van der Waals surface area contributed by atoms with Crippen molar-refractivity contribution in [2.45, 2.75) is 19.6 Å². The number of anilines is 1. The van der Waals surface area contributed by atoms with E-state index < -0.39 is 5.97 Å². The lowest BCUT2D eigenvalue weighted by atomic mass is 10.1. The molecule has 2 aromatic heterocycles. The summed E-state index contributed by atoms with van der Waals surface area (Å²) in [6.45, 7) is 0.440. The molecule has 0 saturated carbocycles. The molecule has 0 radical (unpaired) electrons. The van der Waals surface area contributed by atoms with Crippen LogP contribution in [0.3, 0.4) is 0 Å². The molecule has 4 aromatic rings. The van der Waals surface area contributed by atoms with E-state index in [9.17, 15) is 9.59 Å². The third kappa shape index (κ3) is 6.15. The second kappa shape index (κ2) is 10.7. The maximum Gasteiger partial charge on any atom is 0.353 e. The Morgan fingerprint density at radius 2 is 1.97 bits per heavy atom. The maximum absolute atomic E-state index is 12.2. The van der Waals surface area contributed by atoms with Crippen LogP contribution in [0.4, 0.5) is 5.69 Å². The number of nitrogens with one attached hydrogen (secondary N) is 2. The molecule has 12 heteroatoms. The Hall–Kier alpha value is -4.38. The van der Waals surface area contributed by atoms with Crippen LogP contribution >= 0.6 is 11.6 Å². The lowest BCUT2D eigenvalue weighted by Crippen LogP contribution is -2.14. The van der Waals surface area contributed by atoms with Crippen LogP contribution in [-0.2, 0) is 17.9 Å². The molecule has 0 saturated heterocycles. The summed E-state index contributed by atoms with van der Waals surface area (Å²) < 4.78 is 12.5. The molecule has 0 unspecified atom stereocenters. The summed E-state index contributed by atoms with van der Waals surface area (Å²) in [7, 11) is 1.58. The summed E-state index contributed by atoms with van der Waals surface area (Å²) >= 11 is 6.11. The summed E-state index contributed by atoms with van der Waals surface area (Å²) in [5.74, 6) is -0.122. The van der Waals surface area contributed by atoms with Gasteiger partial charge in [-0.25, -0.2) is 4.79 Å². The van der Waals surface area contributed by atoms with Crippen LogP contribution in [-0.4, -0.2) is 49.3 Å². The van der Waals surface area contributed by atoms with Gasteiger partial charge in [-0.3, -0.25) is 14.6 Å². The van der Waals surface area contributed by atoms with Crippen molar-refractivity contribution in [1.29, 1.82) is 0 Å². The van der Waals surface area contributed by atoms with Crippen molar-refractivity contribution in [2.75, 3.05) is 12.4 Å². The number of nitrogens with zero attached hydrogens (tertiary/aromatic N) is 4. The van der Waals surface area contributed by atoms with Crippen molar-refractivity contribution in [3.8, 4) is 22.8 Å². The predicted molar refractivity (Wildman–Crippen MR) is 127 cm³/mol. The van der Waals surface area contributed by atoms with Crippen LogP contribution in [0.1, 0.15) is 22.6 Å². The molecule has 2 heterocycles. The summed E-state index contributed by atoms with van der Waals surface area (Å²) in [4.78, 5) is 23.4. The smallest absolute Gasteiger partial charge is 0.353 e. The molecule has 180 valence electrons. The van der Waals surface area contributed by atoms with Gasteiger partial charge >= 0.3 is 5.97 Å². The molecule has 1 amide bonds. The topological polar surface area (TPSA) is 144 Å². The van der Waals surface area contributed by atoms with E-state index in [-0.39, 0.29) is 24.6 Å². The number of halogens is 1. The molecule has 4 rings (SSSR count). The summed E-state index contributed by atoms with van der Waals surface area (Å²) in [6, 6.07) is 13.4. The molecule has 0 aliphatic carbocycles. The Balaban J connectivity index is 1.33. The third-order valence-corrected chi connectivity index (χ3v) is 5.16. The molecule has 0 fully saturated rings. The van der Waals surface area contributed by atoms with Gasteiger partial charge in [0.1, 0.15) is 29.5 Å². The Labute approximate surface area is 204 Å². The standard InChI is InChI=1S/C23H21ClN6O5/c1-34-17-5-3-15(4-6-17)25-22(31)8-9-30-12-16(26-29-30)13-35-21-7-2-14(24)10-18(21)19-11-20(23(32)33)28-27-19/h2-7,10-12H,8-9,13H2,1H3,(H,25,31)(H,27,28)(H,32,33). The number of H-pyrrole nitrogens is 1. The van der Waals surface area contributed by atoms with E-state index in [0.717, 1.165) is 0 Å². The average Bonchev–Trinajstić information content (AvgIpc) is 3.52. The number of aromatic carboxylic acids is 1. The van der Waals surface area contributed by atoms with Crippen molar-refractivity contribution in [3.63, 3.8) is 0 Å². The zero-order valence-electron chi connectivity index (χ0n) is 18.6. The van der Waals surface area contributed by atoms with Crippen LogP contribution in [0.5, 0.6) is 11.5 Å². The number of aromatic amines is 1. The normalized spacial score (nSPS) is 10.7. The first-order valence-electron chi connectivity index (χ1n) is 10.5.